The van der Waals surface area contributed by atoms with E-state index in [-0.39, 0.29) is 18.5 Å². The van der Waals surface area contributed by atoms with Crippen LogP contribution in [0.1, 0.15) is 18.1 Å². The Hall–Kier alpha value is -3.41. The first-order valence-electron chi connectivity index (χ1n) is 8.19. The molecule has 1 aliphatic heterocycles. The van der Waals surface area contributed by atoms with Gasteiger partial charge in [0.2, 0.25) is 0 Å². The molecular weight excluding hydrogens is 330 g/mol. The molecule has 26 heavy (non-hydrogen) atoms. The number of urea groups is 1. The maximum absolute atomic E-state index is 12.9. The highest BCUT2D eigenvalue weighted by Gasteiger charge is 2.38. The Bertz CT molecular complexity index is 887. The van der Waals surface area contributed by atoms with E-state index in [1.165, 1.54) is 9.80 Å². The van der Waals surface area contributed by atoms with E-state index >= 15 is 0 Å². The lowest BCUT2D eigenvalue weighted by atomic mass is 10.1. The molecule has 0 spiro atoms. The van der Waals surface area contributed by atoms with Gasteiger partial charge in [-0.1, -0.05) is 41.6 Å². The highest BCUT2D eigenvalue weighted by Crippen LogP contribution is 2.29. The summed E-state index contributed by atoms with van der Waals surface area (Å²) in [5.74, 6) is -0.288. The van der Waals surface area contributed by atoms with Gasteiger partial charge in [0.25, 0.3) is 5.91 Å². The molecule has 2 aromatic rings. The number of amides is 3. The molecule has 0 unspecified atom stereocenters. The molecule has 6 nitrogen and oxygen atoms in total. The maximum Gasteiger partial charge on any atom is 0.336 e. The van der Waals surface area contributed by atoms with Gasteiger partial charge in [-0.15, -0.1) is 6.58 Å². The molecule has 0 atom stereocenters. The fraction of sp³-hybridized carbons (Fsp3) is 0.150. The van der Waals surface area contributed by atoms with E-state index in [0.717, 1.165) is 5.56 Å². The average molecular weight is 349 g/mol. The molecule has 1 fully saturated rings. The van der Waals surface area contributed by atoms with E-state index in [0.29, 0.717) is 29.1 Å². The van der Waals surface area contributed by atoms with Gasteiger partial charge >= 0.3 is 6.03 Å². The lowest BCUT2D eigenvalue weighted by Gasteiger charge is -2.19. The van der Waals surface area contributed by atoms with E-state index in [1.807, 2.05) is 24.3 Å². The van der Waals surface area contributed by atoms with Crippen molar-refractivity contribution >= 4 is 29.0 Å². The first-order valence-corrected chi connectivity index (χ1v) is 8.19. The number of hydrogen-bond donors (Lipinski definition) is 1. The molecule has 0 radical (unpaired) electrons. The van der Waals surface area contributed by atoms with E-state index in [1.54, 1.807) is 37.3 Å². The van der Waals surface area contributed by atoms with Gasteiger partial charge in [0.15, 0.2) is 0 Å². The van der Waals surface area contributed by atoms with Crippen LogP contribution in [0.4, 0.5) is 16.2 Å². The minimum absolute atomic E-state index is 0.00807. The lowest BCUT2D eigenvalue weighted by molar-refractivity contribution is -0.115. The van der Waals surface area contributed by atoms with Crippen LogP contribution in [0, 0.1) is 0 Å². The molecule has 3 amide bonds. The Morgan fingerprint density at radius 2 is 1.88 bits per heavy atom. The van der Waals surface area contributed by atoms with Crippen molar-refractivity contribution in [2.45, 2.75) is 13.3 Å². The van der Waals surface area contributed by atoms with Crippen LogP contribution in [-0.4, -0.2) is 29.4 Å². The third kappa shape index (κ3) is 3.09. The summed E-state index contributed by atoms with van der Waals surface area (Å²) in [6.45, 7) is 5.40. The van der Waals surface area contributed by atoms with Crippen molar-refractivity contribution < 1.29 is 14.8 Å². The quantitative estimate of drug-likeness (QED) is 0.295. The molecule has 1 aliphatic rings. The molecule has 6 heteroatoms. The molecule has 1 heterocycles. The summed E-state index contributed by atoms with van der Waals surface area (Å²) in [6, 6.07) is 13.9. The SMILES string of the molecule is C=CCc1ccccc1N1CC(=O)N(c2ccc(/C(C)=N/O)cc2)C1=O. The van der Waals surface area contributed by atoms with Crippen LogP contribution in [0.2, 0.25) is 0 Å². The highest BCUT2D eigenvalue weighted by atomic mass is 16.4. The Morgan fingerprint density at radius 3 is 2.54 bits per heavy atom. The first-order chi connectivity index (χ1) is 12.6. The van der Waals surface area contributed by atoms with Gasteiger partial charge in [-0.2, -0.15) is 0 Å². The average Bonchev–Trinajstić information content (AvgIpc) is 2.96. The van der Waals surface area contributed by atoms with Gasteiger partial charge < -0.3 is 5.21 Å². The van der Waals surface area contributed by atoms with Crippen LogP contribution in [0.3, 0.4) is 0 Å². The normalized spacial score (nSPS) is 14.9. The van der Waals surface area contributed by atoms with E-state index in [9.17, 15) is 9.59 Å². The zero-order valence-electron chi connectivity index (χ0n) is 14.4. The van der Waals surface area contributed by atoms with Crippen molar-refractivity contribution in [2.75, 3.05) is 16.3 Å². The number of anilines is 2. The van der Waals surface area contributed by atoms with Gasteiger partial charge in [0.1, 0.15) is 6.54 Å². The van der Waals surface area contributed by atoms with Crippen LogP contribution in [0.15, 0.2) is 66.3 Å². The summed E-state index contributed by atoms with van der Waals surface area (Å²) in [5, 5.41) is 12.0. The van der Waals surface area contributed by atoms with E-state index < -0.39 is 0 Å². The number of carbonyl (C=O) groups excluding carboxylic acids is 2. The third-order valence-corrected chi connectivity index (χ3v) is 4.30. The van der Waals surface area contributed by atoms with Crippen LogP contribution in [0.5, 0.6) is 0 Å². The summed E-state index contributed by atoms with van der Waals surface area (Å²) in [4.78, 5) is 28.0. The topological polar surface area (TPSA) is 73.2 Å². The summed E-state index contributed by atoms with van der Waals surface area (Å²) >= 11 is 0. The molecule has 0 saturated carbocycles. The second kappa shape index (κ2) is 7.23. The number of allylic oxidation sites excluding steroid dienone is 1. The number of imide groups is 1. The first kappa shape index (κ1) is 17.4. The Balaban J connectivity index is 1.91. The molecule has 1 saturated heterocycles. The number of oxime groups is 1. The largest absolute Gasteiger partial charge is 0.411 e. The predicted molar refractivity (Wildman–Crippen MR) is 101 cm³/mol. The van der Waals surface area contributed by atoms with E-state index in [2.05, 4.69) is 11.7 Å². The number of carbonyl (C=O) groups is 2. The molecule has 132 valence electrons. The molecule has 2 aromatic carbocycles. The van der Waals surface area contributed by atoms with Gasteiger partial charge in [0, 0.05) is 5.69 Å². The second-order valence-corrected chi connectivity index (χ2v) is 5.95. The standard InChI is InChI=1S/C20H19N3O3/c1-3-6-16-7-4-5-8-18(16)22-13-19(24)23(20(22)25)17-11-9-15(10-12-17)14(2)21-26/h3-5,7-12,26H,1,6,13H2,2H3/b21-14+. The van der Waals surface area contributed by atoms with E-state index in [4.69, 9.17) is 5.21 Å². The summed E-state index contributed by atoms with van der Waals surface area (Å²) in [7, 11) is 0. The fourth-order valence-corrected chi connectivity index (χ4v) is 2.96. The number of hydrogen-bond acceptors (Lipinski definition) is 4. The van der Waals surface area contributed by atoms with Crippen LogP contribution < -0.4 is 9.80 Å². The molecule has 0 aromatic heterocycles. The van der Waals surface area contributed by atoms with Crippen molar-refractivity contribution in [1.82, 2.24) is 0 Å². The number of benzene rings is 2. The van der Waals surface area contributed by atoms with Crippen molar-refractivity contribution in [3.63, 3.8) is 0 Å². The monoisotopic (exact) mass is 349 g/mol. The zero-order valence-corrected chi connectivity index (χ0v) is 14.4. The Labute approximate surface area is 151 Å². The van der Waals surface area contributed by atoms with Crippen molar-refractivity contribution in [2.24, 2.45) is 5.16 Å². The van der Waals surface area contributed by atoms with Gasteiger partial charge in [-0.25, -0.2) is 9.69 Å². The van der Waals surface area contributed by atoms with Crippen LogP contribution in [-0.2, 0) is 11.2 Å². The lowest BCUT2D eigenvalue weighted by Crippen LogP contribution is -2.33. The second-order valence-electron chi connectivity index (χ2n) is 5.95. The molecule has 0 aliphatic carbocycles. The summed E-state index contributed by atoms with van der Waals surface area (Å²) in [5.41, 5.74) is 3.31. The molecule has 3 rings (SSSR count). The van der Waals surface area contributed by atoms with Gasteiger partial charge in [-0.3, -0.25) is 9.69 Å². The van der Waals surface area contributed by atoms with Crippen LogP contribution >= 0.6 is 0 Å². The van der Waals surface area contributed by atoms with Crippen molar-refractivity contribution in [3.05, 3.63) is 72.3 Å². The number of nitrogens with zero attached hydrogens (tertiary/aromatic N) is 3. The fourth-order valence-electron chi connectivity index (χ4n) is 2.96. The van der Waals surface area contributed by atoms with Gasteiger partial charge in [-0.05, 0) is 42.7 Å². The third-order valence-electron chi connectivity index (χ3n) is 4.30. The Morgan fingerprint density at radius 1 is 1.19 bits per heavy atom. The summed E-state index contributed by atoms with van der Waals surface area (Å²) < 4.78 is 0. The number of para-hydroxylation sites is 1. The molecular formula is C20H19N3O3. The minimum atomic E-state index is -0.383. The van der Waals surface area contributed by atoms with Gasteiger partial charge in [0.05, 0.1) is 11.4 Å². The van der Waals surface area contributed by atoms with Crippen molar-refractivity contribution in [1.29, 1.82) is 0 Å². The predicted octanol–water partition coefficient (Wildman–Crippen LogP) is 3.59. The van der Waals surface area contributed by atoms with Crippen molar-refractivity contribution in [3.8, 4) is 0 Å². The minimum Gasteiger partial charge on any atom is -0.411 e. The molecule has 1 N–H and O–H groups in total. The number of rotatable bonds is 5. The Kier molecular flexibility index (Phi) is 4.84. The zero-order chi connectivity index (χ0) is 18.7. The summed E-state index contributed by atoms with van der Waals surface area (Å²) in [6.07, 6.45) is 2.38. The smallest absolute Gasteiger partial charge is 0.336 e. The molecule has 0 bridgehead atoms. The van der Waals surface area contributed by atoms with Crippen LogP contribution in [0.25, 0.3) is 0 Å². The maximum atomic E-state index is 12.9. The highest BCUT2D eigenvalue weighted by molar-refractivity contribution is 6.27.